The lowest BCUT2D eigenvalue weighted by Crippen LogP contribution is -2.55. The van der Waals surface area contributed by atoms with Gasteiger partial charge in [0, 0.05) is 55.9 Å². The maximum atomic E-state index is 6.47. The van der Waals surface area contributed by atoms with Crippen LogP contribution in [0.25, 0.3) is 0 Å². The average molecular weight is 292 g/mol. The molecule has 0 amide bonds. The van der Waals surface area contributed by atoms with Gasteiger partial charge in [-0.05, 0) is 51.9 Å². The van der Waals surface area contributed by atoms with Gasteiger partial charge in [0.1, 0.15) is 0 Å². The number of hydrogen-bond donors (Lipinski definition) is 2. The minimum absolute atomic E-state index is 0.163. The molecule has 0 bridgehead atoms. The molecule has 0 radical (unpaired) electrons. The zero-order valence-corrected chi connectivity index (χ0v) is 13.9. The normalized spacial score (nSPS) is 47.3. The average Bonchev–Trinajstić information content (AvgIpc) is 2.90. The van der Waals surface area contributed by atoms with Crippen LogP contribution in [0.15, 0.2) is 0 Å². The highest BCUT2D eigenvalue weighted by molar-refractivity contribution is 5.18. The summed E-state index contributed by atoms with van der Waals surface area (Å²) in [4.78, 5) is 5.27. The fourth-order valence-corrected chi connectivity index (χ4v) is 4.93. The van der Waals surface area contributed by atoms with Crippen LogP contribution in [-0.4, -0.2) is 65.7 Å². The Kier molecular flexibility index (Phi) is 3.21. The van der Waals surface area contributed by atoms with Crippen molar-refractivity contribution in [1.82, 2.24) is 15.1 Å². The van der Waals surface area contributed by atoms with E-state index in [1.807, 2.05) is 0 Å². The van der Waals surface area contributed by atoms with Gasteiger partial charge in [-0.15, -0.1) is 0 Å². The molecule has 4 rings (SSSR count). The van der Waals surface area contributed by atoms with Crippen LogP contribution in [0.5, 0.6) is 0 Å². The molecule has 2 heterocycles. The van der Waals surface area contributed by atoms with E-state index in [1.165, 1.54) is 38.9 Å². The first kappa shape index (κ1) is 14.4. The van der Waals surface area contributed by atoms with E-state index >= 15 is 0 Å². The standard InChI is InChI=1S/C17H32N4/c1-12(2)20-9-15-6-17(15,11-20)19-7-13(3)21-8-14-4-5-16(14,18)10-21/h12-15,19H,4-11,18H2,1-3H3. The van der Waals surface area contributed by atoms with E-state index in [1.54, 1.807) is 0 Å². The molecule has 0 spiro atoms. The monoisotopic (exact) mass is 292 g/mol. The molecule has 0 aromatic rings. The third kappa shape index (κ3) is 2.26. The van der Waals surface area contributed by atoms with Crippen molar-refractivity contribution in [3.05, 3.63) is 0 Å². The van der Waals surface area contributed by atoms with Gasteiger partial charge in [-0.25, -0.2) is 0 Å². The van der Waals surface area contributed by atoms with Crippen LogP contribution >= 0.6 is 0 Å². The number of rotatable bonds is 5. The molecule has 0 aromatic carbocycles. The lowest BCUT2D eigenvalue weighted by atomic mass is 9.70. The van der Waals surface area contributed by atoms with Gasteiger partial charge in [0.25, 0.3) is 0 Å². The second-order valence-corrected chi connectivity index (χ2v) is 8.71. The maximum absolute atomic E-state index is 6.47. The summed E-state index contributed by atoms with van der Waals surface area (Å²) in [5, 5.41) is 3.93. The highest BCUT2D eigenvalue weighted by atomic mass is 15.3. The van der Waals surface area contributed by atoms with Gasteiger partial charge < -0.3 is 11.1 Å². The highest BCUT2D eigenvalue weighted by Gasteiger charge is 2.60. The fourth-order valence-electron chi connectivity index (χ4n) is 4.93. The molecule has 4 nitrogen and oxygen atoms in total. The van der Waals surface area contributed by atoms with Crippen LogP contribution in [0.1, 0.15) is 40.0 Å². The number of nitrogens with two attached hydrogens (primary N) is 1. The summed E-state index contributed by atoms with van der Waals surface area (Å²) in [6, 6.07) is 1.32. The Bertz CT molecular complexity index is 425. The Morgan fingerprint density at radius 3 is 2.43 bits per heavy atom. The Labute approximate surface area is 129 Å². The molecule has 2 aliphatic heterocycles. The van der Waals surface area contributed by atoms with Gasteiger partial charge in [0.15, 0.2) is 0 Å². The summed E-state index contributed by atoms with van der Waals surface area (Å²) in [6.07, 6.45) is 3.98. The predicted octanol–water partition coefficient (Wildman–Crippen LogP) is 0.870. The lowest BCUT2D eigenvalue weighted by Gasteiger charge is -2.40. The van der Waals surface area contributed by atoms with Crippen molar-refractivity contribution in [2.24, 2.45) is 17.6 Å². The molecule has 4 aliphatic rings. The van der Waals surface area contributed by atoms with Crippen LogP contribution in [0.4, 0.5) is 0 Å². The van der Waals surface area contributed by atoms with Gasteiger partial charge in [-0.2, -0.15) is 0 Å². The minimum atomic E-state index is 0.163. The summed E-state index contributed by atoms with van der Waals surface area (Å²) in [5.74, 6) is 1.68. The van der Waals surface area contributed by atoms with Crippen LogP contribution < -0.4 is 11.1 Å². The van der Waals surface area contributed by atoms with Crippen molar-refractivity contribution < 1.29 is 0 Å². The first-order chi connectivity index (χ1) is 9.92. The van der Waals surface area contributed by atoms with Crippen molar-refractivity contribution in [3.63, 3.8) is 0 Å². The van der Waals surface area contributed by atoms with Crippen molar-refractivity contribution in [2.45, 2.75) is 63.2 Å². The Morgan fingerprint density at radius 1 is 1.14 bits per heavy atom. The van der Waals surface area contributed by atoms with E-state index in [0.29, 0.717) is 17.6 Å². The topological polar surface area (TPSA) is 44.5 Å². The quantitative estimate of drug-likeness (QED) is 0.789. The molecular formula is C17H32N4. The number of fused-ring (bicyclic) bond motifs is 2. The van der Waals surface area contributed by atoms with Crippen molar-refractivity contribution in [2.75, 3.05) is 32.7 Å². The fraction of sp³-hybridized carbons (Fsp3) is 1.00. The second kappa shape index (κ2) is 4.67. The van der Waals surface area contributed by atoms with Gasteiger partial charge in [-0.1, -0.05) is 0 Å². The van der Waals surface area contributed by atoms with E-state index < -0.39 is 0 Å². The van der Waals surface area contributed by atoms with E-state index in [2.05, 4.69) is 35.9 Å². The van der Waals surface area contributed by atoms with E-state index in [9.17, 15) is 0 Å². The predicted molar refractivity (Wildman–Crippen MR) is 86.2 cm³/mol. The summed E-state index contributed by atoms with van der Waals surface area (Å²) in [5.41, 5.74) is 7.09. The molecule has 4 fully saturated rings. The summed E-state index contributed by atoms with van der Waals surface area (Å²) >= 11 is 0. The molecule has 5 atom stereocenters. The largest absolute Gasteiger partial charge is 0.324 e. The smallest absolute Gasteiger partial charge is 0.0354 e. The molecule has 2 saturated carbocycles. The third-order valence-electron chi connectivity index (χ3n) is 7.00. The second-order valence-electron chi connectivity index (χ2n) is 8.71. The number of nitrogens with one attached hydrogen (secondary N) is 1. The summed E-state index contributed by atoms with van der Waals surface area (Å²) in [6.45, 7) is 13.1. The lowest BCUT2D eigenvalue weighted by molar-refractivity contribution is 0.187. The SMILES string of the molecule is CC(C)N1CC2CC2(NCC(C)N2CC3CCC3(N)C2)C1. The highest BCUT2D eigenvalue weighted by Crippen LogP contribution is 2.50. The molecule has 21 heavy (non-hydrogen) atoms. The Morgan fingerprint density at radius 2 is 1.90 bits per heavy atom. The van der Waals surface area contributed by atoms with Crippen LogP contribution in [0, 0.1) is 11.8 Å². The van der Waals surface area contributed by atoms with Crippen molar-refractivity contribution in [1.29, 1.82) is 0 Å². The van der Waals surface area contributed by atoms with Gasteiger partial charge in [0.2, 0.25) is 0 Å². The van der Waals surface area contributed by atoms with E-state index in [0.717, 1.165) is 24.9 Å². The number of nitrogens with zero attached hydrogens (tertiary/aromatic N) is 2. The zero-order chi connectivity index (χ0) is 14.8. The maximum Gasteiger partial charge on any atom is 0.0354 e. The molecule has 2 saturated heterocycles. The molecule has 3 N–H and O–H groups in total. The molecule has 120 valence electrons. The first-order valence-corrected chi connectivity index (χ1v) is 8.94. The zero-order valence-electron chi connectivity index (χ0n) is 13.9. The Hall–Kier alpha value is -0.160. The van der Waals surface area contributed by atoms with Gasteiger partial charge in [-0.3, -0.25) is 9.80 Å². The molecular weight excluding hydrogens is 260 g/mol. The molecule has 4 heteroatoms. The molecule has 5 unspecified atom stereocenters. The van der Waals surface area contributed by atoms with Crippen LogP contribution in [-0.2, 0) is 0 Å². The van der Waals surface area contributed by atoms with Crippen LogP contribution in [0.3, 0.4) is 0 Å². The summed E-state index contributed by atoms with van der Waals surface area (Å²) < 4.78 is 0. The third-order valence-corrected chi connectivity index (χ3v) is 7.00. The minimum Gasteiger partial charge on any atom is -0.324 e. The summed E-state index contributed by atoms with van der Waals surface area (Å²) in [7, 11) is 0. The van der Waals surface area contributed by atoms with E-state index in [4.69, 9.17) is 5.73 Å². The van der Waals surface area contributed by atoms with Gasteiger partial charge in [0.05, 0.1) is 0 Å². The van der Waals surface area contributed by atoms with Gasteiger partial charge >= 0.3 is 0 Å². The molecule has 0 aromatic heterocycles. The molecule has 2 aliphatic carbocycles. The van der Waals surface area contributed by atoms with Crippen LogP contribution in [0.2, 0.25) is 0 Å². The number of likely N-dealkylation sites (tertiary alicyclic amines) is 2. The van der Waals surface area contributed by atoms with E-state index in [-0.39, 0.29) is 5.54 Å². The van der Waals surface area contributed by atoms with Crippen molar-refractivity contribution in [3.8, 4) is 0 Å². The Balaban J connectivity index is 1.28. The van der Waals surface area contributed by atoms with Crippen molar-refractivity contribution >= 4 is 0 Å². The first-order valence-electron chi connectivity index (χ1n) is 8.94. The number of piperidine rings is 1. The number of hydrogen-bond acceptors (Lipinski definition) is 4.